The van der Waals surface area contributed by atoms with Crippen LogP contribution in [0.25, 0.3) is 16.8 Å². The van der Waals surface area contributed by atoms with Gasteiger partial charge in [-0.1, -0.05) is 11.6 Å². The summed E-state index contributed by atoms with van der Waals surface area (Å²) in [5, 5.41) is 8.70. The van der Waals surface area contributed by atoms with Crippen molar-refractivity contribution < 1.29 is 0 Å². The molecule has 0 aliphatic heterocycles. The van der Waals surface area contributed by atoms with Gasteiger partial charge in [0, 0.05) is 12.1 Å². The normalized spacial score (nSPS) is 15.8. The van der Waals surface area contributed by atoms with Gasteiger partial charge >= 0.3 is 0 Å². The van der Waals surface area contributed by atoms with E-state index in [-0.39, 0.29) is 0 Å². The van der Waals surface area contributed by atoms with Crippen molar-refractivity contribution in [3.63, 3.8) is 0 Å². The van der Waals surface area contributed by atoms with Crippen molar-refractivity contribution in [2.45, 2.75) is 18.8 Å². The van der Waals surface area contributed by atoms with Crippen LogP contribution in [0.4, 0.5) is 0 Å². The monoisotopic (exact) mass is 245 g/mol. The summed E-state index contributed by atoms with van der Waals surface area (Å²) in [5.74, 6) is 1.45. The number of hydrogen-bond acceptors (Lipinski definition) is 4. The topological polar surface area (TPSA) is 56.0 Å². The van der Waals surface area contributed by atoms with Crippen molar-refractivity contribution in [3.8, 4) is 0 Å². The van der Waals surface area contributed by atoms with Gasteiger partial charge in [-0.2, -0.15) is 0 Å². The minimum Gasteiger partial charge on any atom is -0.258 e. The van der Waals surface area contributed by atoms with Crippen molar-refractivity contribution in [1.29, 1.82) is 0 Å². The maximum Gasteiger partial charge on any atom is 0.200 e. The van der Waals surface area contributed by atoms with Gasteiger partial charge in [-0.05, 0) is 25.0 Å². The Balaban J connectivity index is 2.23. The zero-order valence-electron chi connectivity index (χ0n) is 8.84. The summed E-state index contributed by atoms with van der Waals surface area (Å²) in [5.41, 5.74) is 2.14. The van der Waals surface area contributed by atoms with Gasteiger partial charge in [-0.15, -0.1) is 10.2 Å². The molecule has 6 heteroatoms. The Kier molecular flexibility index (Phi) is 1.71. The predicted octanol–water partition coefficient (Wildman–Crippen LogP) is 2.20. The first kappa shape index (κ1) is 9.30. The second-order valence-corrected chi connectivity index (χ2v) is 4.60. The van der Waals surface area contributed by atoms with Crippen LogP contribution in [0.5, 0.6) is 0 Å². The van der Waals surface area contributed by atoms with Gasteiger partial charge in [-0.25, -0.2) is 9.97 Å². The molecule has 0 radical (unpaired) electrons. The first-order chi connectivity index (χ1) is 8.34. The Morgan fingerprint density at radius 1 is 1.24 bits per heavy atom. The molecule has 5 nitrogen and oxygen atoms in total. The first-order valence-corrected chi connectivity index (χ1v) is 5.87. The van der Waals surface area contributed by atoms with Crippen LogP contribution in [0.15, 0.2) is 18.3 Å². The van der Waals surface area contributed by atoms with E-state index in [1.807, 2.05) is 16.5 Å². The fourth-order valence-electron chi connectivity index (χ4n) is 2.05. The summed E-state index contributed by atoms with van der Waals surface area (Å²) in [6.07, 6.45) is 4.07. The molecule has 1 aliphatic carbocycles. The molecule has 3 heterocycles. The quantitative estimate of drug-likeness (QED) is 0.660. The molecule has 84 valence electrons. The zero-order chi connectivity index (χ0) is 11.4. The van der Waals surface area contributed by atoms with E-state index in [4.69, 9.17) is 11.6 Å². The molecule has 0 bridgehead atoms. The summed E-state index contributed by atoms with van der Waals surface area (Å²) >= 11 is 6.11. The Bertz CT molecular complexity index is 731. The Morgan fingerprint density at radius 2 is 2.12 bits per heavy atom. The van der Waals surface area contributed by atoms with Crippen molar-refractivity contribution in [2.24, 2.45) is 0 Å². The molecule has 0 unspecified atom stereocenters. The molecule has 1 saturated carbocycles. The number of fused-ring (bicyclic) bond motifs is 3. The lowest BCUT2D eigenvalue weighted by molar-refractivity contribution is 0.904. The molecule has 17 heavy (non-hydrogen) atoms. The maximum atomic E-state index is 6.11. The average molecular weight is 246 g/mol. The van der Waals surface area contributed by atoms with Gasteiger partial charge in [0.2, 0.25) is 0 Å². The van der Waals surface area contributed by atoms with Crippen molar-refractivity contribution in [3.05, 3.63) is 29.3 Å². The predicted molar refractivity (Wildman–Crippen MR) is 63.1 cm³/mol. The molecule has 0 amide bonds. The van der Waals surface area contributed by atoms with Crippen LogP contribution in [0.3, 0.4) is 0 Å². The van der Waals surface area contributed by atoms with Gasteiger partial charge in [0.15, 0.2) is 16.4 Å². The number of halogens is 1. The van der Waals surface area contributed by atoms with E-state index in [2.05, 4.69) is 20.2 Å². The number of hydrogen-bond donors (Lipinski definition) is 0. The van der Waals surface area contributed by atoms with Gasteiger partial charge in [0.05, 0.1) is 0 Å². The summed E-state index contributed by atoms with van der Waals surface area (Å²) in [4.78, 5) is 8.63. The summed E-state index contributed by atoms with van der Waals surface area (Å²) in [6, 6.07) is 3.74. The minimum absolute atomic E-state index is 0.380. The third-order valence-corrected chi connectivity index (χ3v) is 3.27. The second kappa shape index (κ2) is 3.13. The van der Waals surface area contributed by atoms with Crippen LogP contribution in [0.1, 0.15) is 24.6 Å². The number of nitrogens with zero attached hydrogens (tertiary/aromatic N) is 5. The molecule has 0 N–H and O–H groups in total. The third-order valence-electron chi connectivity index (χ3n) is 3.01. The molecule has 0 spiro atoms. The van der Waals surface area contributed by atoms with Gasteiger partial charge < -0.3 is 0 Å². The van der Waals surface area contributed by atoms with Crippen LogP contribution in [0, 0.1) is 0 Å². The fraction of sp³-hybridized carbons (Fsp3) is 0.273. The second-order valence-electron chi connectivity index (χ2n) is 4.24. The lowest BCUT2D eigenvalue weighted by atomic mass is 10.3. The third kappa shape index (κ3) is 1.26. The molecule has 3 aromatic rings. The standard InChI is InChI=1S/C11H8ClN5/c12-8-11-16-15-9(6-3-4-6)17(11)10-7(14-8)2-1-5-13-10/h1-2,5-6H,3-4H2. The Labute approximate surface area is 101 Å². The molecule has 4 rings (SSSR count). The highest BCUT2D eigenvalue weighted by molar-refractivity contribution is 6.32. The van der Waals surface area contributed by atoms with Crippen LogP contribution >= 0.6 is 11.6 Å². The lowest BCUT2D eigenvalue weighted by Crippen LogP contribution is -1.98. The average Bonchev–Trinajstić information content (AvgIpc) is 3.08. The summed E-state index contributed by atoms with van der Waals surface area (Å²) < 4.78 is 1.93. The molecular formula is C11H8ClN5. The van der Waals surface area contributed by atoms with E-state index in [0.717, 1.165) is 29.8 Å². The minimum atomic E-state index is 0.380. The highest BCUT2D eigenvalue weighted by atomic mass is 35.5. The van der Waals surface area contributed by atoms with Crippen LogP contribution < -0.4 is 0 Å². The Morgan fingerprint density at radius 3 is 2.94 bits per heavy atom. The zero-order valence-corrected chi connectivity index (χ0v) is 9.59. The lowest BCUT2D eigenvalue weighted by Gasteiger charge is -2.03. The van der Waals surface area contributed by atoms with E-state index in [1.165, 1.54) is 0 Å². The van der Waals surface area contributed by atoms with E-state index in [1.54, 1.807) is 6.20 Å². The van der Waals surface area contributed by atoms with Gasteiger partial charge in [0.1, 0.15) is 11.3 Å². The van der Waals surface area contributed by atoms with E-state index in [9.17, 15) is 0 Å². The van der Waals surface area contributed by atoms with Crippen LogP contribution in [-0.4, -0.2) is 24.6 Å². The van der Waals surface area contributed by atoms with Crippen molar-refractivity contribution in [1.82, 2.24) is 24.6 Å². The highest BCUT2D eigenvalue weighted by Crippen LogP contribution is 2.39. The summed E-state index contributed by atoms with van der Waals surface area (Å²) in [7, 11) is 0. The van der Waals surface area contributed by atoms with Crippen molar-refractivity contribution >= 4 is 28.4 Å². The largest absolute Gasteiger partial charge is 0.258 e. The molecular weight excluding hydrogens is 238 g/mol. The van der Waals surface area contributed by atoms with Gasteiger partial charge in [0.25, 0.3) is 0 Å². The van der Waals surface area contributed by atoms with Crippen LogP contribution in [0.2, 0.25) is 5.15 Å². The van der Waals surface area contributed by atoms with Gasteiger partial charge in [-0.3, -0.25) is 4.40 Å². The van der Waals surface area contributed by atoms with Crippen LogP contribution in [-0.2, 0) is 0 Å². The number of aromatic nitrogens is 5. The number of pyridine rings is 1. The van der Waals surface area contributed by atoms with E-state index < -0.39 is 0 Å². The molecule has 0 atom stereocenters. The number of rotatable bonds is 1. The maximum absolute atomic E-state index is 6.11. The van der Waals surface area contributed by atoms with E-state index >= 15 is 0 Å². The fourth-order valence-corrected chi connectivity index (χ4v) is 2.26. The molecule has 1 fully saturated rings. The molecule has 0 aromatic carbocycles. The highest BCUT2D eigenvalue weighted by Gasteiger charge is 2.30. The van der Waals surface area contributed by atoms with E-state index in [0.29, 0.717) is 16.7 Å². The van der Waals surface area contributed by atoms with Crippen molar-refractivity contribution in [2.75, 3.05) is 0 Å². The smallest absolute Gasteiger partial charge is 0.200 e. The molecule has 1 aliphatic rings. The molecule has 0 saturated heterocycles. The first-order valence-electron chi connectivity index (χ1n) is 5.50. The summed E-state index contributed by atoms with van der Waals surface area (Å²) in [6.45, 7) is 0. The molecule has 3 aromatic heterocycles. The Hall–Kier alpha value is -1.75. The SMILES string of the molecule is Clc1nc2cccnc2n2c(C3CC3)nnc12.